The van der Waals surface area contributed by atoms with Crippen molar-refractivity contribution in [3.8, 4) is 0 Å². The number of piperazine rings is 1. The van der Waals surface area contributed by atoms with Crippen molar-refractivity contribution in [2.45, 2.75) is 13.1 Å². The van der Waals surface area contributed by atoms with Crippen LogP contribution in [0.5, 0.6) is 0 Å². The second-order valence-corrected chi connectivity index (χ2v) is 4.85. The van der Waals surface area contributed by atoms with Crippen LogP contribution in [0.4, 0.5) is 19.1 Å². The molecule has 1 aliphatic heterocycles. The summed E-state index contributed by atoms with van der Waals surface area (Å²) in [5.74, 6) is -0.752. The van der Waals surface area contributed by atoms with Gasteiger partial charge in [0.1, 0.15) is 0 Å². The molecule has 0 amide bonds. The second kappa shape index (κ2) is 5.84. The highest BCUT2D eigenvalue weighted by Gasteiger charge is 2.32. The zero-order valence-corrected chi connectivity index (χ0v) is 11.4. The predicted molar refractivity (Wildman–Crippen MR) is 68.4 cm³/mol. The Morgan fingerprint density at radius 3 is 2.43 bits per heavy atom. The number of aromatic carboxylic acids is 1. The van der Waals surface area contributed by atoms with Crippen LogP contribution in [0.1, 0.15) is 16.1 Å². The van der Waals surface area contributed by atoms with Crippen molar-refractivity contribution in [2.24, 2.45) is 0 Å². The van der Waals surface area contributed by atoms with Crippen LogP contribution in [0, 0.1) is 6.92 Å². The highest BCUT2D eigenvalue weighted by atomic mass is 19.4. The third kappa shape index (κ3) is 4.03. The van der Waals surface area contributed by atoms with E-state index >= 15 is 0 Å². The number of anilines is 1. The number of carboxylic acids is 1. The highest BCUT2D eigenvalue weighted by Crippen LogP contribution is 2.19. The molecule has 21 heavy (non-hydrogen) atoms. The van der Waals surface area contributed by atoms with Gasteiger partial charge in [-0.05, 0) is 6.92 Å². The lowest BCUT2D eigenvalue weighted by Gasteiger charge is -2.35. The van der Waals surface area contributed by atoms with E-state index < -0.39 is 18.7 Å². The predicted octanol–water partition coefficient (Wildman–Crippen LogP) is 1.17. The molecule has 0 unspecified atom stereocenters. The lowest BCUT2D eigenvalue weighted by molar-refractivity contribution is -0.146. The van der Waals surface area contributed by atoms with Crippen molar-refractivity contribution in [1.29, 1.82) is 0 Å². The van der Waals surface area contributed by atoms with Gasteiger partial charge < -0.3 is 10.0 Å². The lowest BCUT2D eigenvalue weighted by atomic mass is 10.2. The lowest BCUT2D eigenvalue weighted by Crippen LogP contribution is -2.49. The molecular weight excluding hydrogens is 289 g/mol. The van der Waals surface area contributed by atoms with E-state index in [1.165, 1.54) is 11.1 Å². The summed E-state index contributed by atoms with van der Waals surface area (Å²) in [5, 5.41) is 8.90. The smallest absolute Gasteiger partial charge is 0.401 e. The van der Waals surface area contributed by atoms with Crippen molar-refractivity contribution >= 4 is 11.9 Å². The molecule has 1 N–H and O–H groups in total. The number of carboxylic acid groups (broad SMARTS) is 1. The number of aromatic nitrogens is 2. The van der Waals surface area contributed by atoms with Crippen molar-refractivity contribution in [1.82, 2.24) is 14.9 Å². The SMILES string of the molecule is Cc1nc(N2CCN(CC(F)(F)F)CC2)ncc1C(=O)O. The van der Waals surface area contributed by atoms with Gasteiger partial charge in [-0.1, -0.05) is 0 Å². The molecule has 0 radical (unpaired) electrons. The standard InChI is InChI=1S/C12H15F3N4O2/c1-8-9(10(20)21)6-16-11(17-8)19-4-2-18(3-5-19)7-12(13,14)15/h6H,2-5,7H2,1H3,(H,20,21). The van der Waals surface area contributed by atoms with E-state index in [0.29, 0.717) is 24.7 Å². The van der Waals surface area contributed by atoms with Gasteiger partial charge in [0.25, 0.3) is 0 Å². The molecule has 9 heteroatoms. The molecule has 6 nitrogen and oxygen atoms in total. The van der Waals surface area contributed by atoms with E-state index in [2.05, 4.69) is 9.97 Å². The van der Waals surface area contributed by atoms with Gasteiger partial charge in [0, 0.05) is 32.4 Å². The van der Waals surface area contributed by atoms with Gasteiger partial charge in [-0.3, -0.25) is 4.90 Å². The van der Waals surface area contributed by atoms with Crippen LogP contribution < -0.4 is 4.90 Å². The Balaban J connectivity index is 1.99. The Kier molecular flexibility index (Phi) is 4.31. The number of nitrogens with zero attached hydrogens (tertiary/aromatic N) is 4. The summed E-state index contributed by atoms with van der Waals surface area (Å²) in [4.78, 5) is 22.1. The zero-order chi connectivity index (χ0) is 15.6. The summed E-state index contributed by atoms with van der Waals surface area (Å²) >= 11 is 0. The van der Waals surface area contributed by atoms with E-state index in [9.17, 15) is 18.0 Å². The molecular formula is C12H15F3N4O2. The van der Waals surface area contributed by atoms with E-state index in [4.69, 9.17) is 5.11 Å². The Hall–Kier alpha value is -1.90. The van der Waals surface area contributed by atoms with Crippen LogP contribution in [0.15, 0.2) is 6.20 Å². The average Bonchev–Trinajstić information content (AvgIpc) is 2.37. The van der Waals surface area contributed by atoms with E-state index in [-0.39, 0.29) is 18.7 Å². The number of carbonyl (C=O) groups is 1. The van der Waals surface area contributed by atoms with Crippen LogP contribution in [0.2, 0.25) is 0 Å². The minimum atomic E-state index is -4.20. The maximum Gasteiger partial charge on any atom is 0.401 e. The highest BCUT2D eigenvalue weighted by molar-refractivity contribution is 5.88. The maximum atomic E-state index is 12.3. The second-order valence-electron chi connectivity index (χ2n) is 4.85. The van der Waals surface area contributed by atoms with Gasteiger partial charge in [0.15, 0.2) is 0 Å². The summed E-state index contributed by atoms with van der Waals surface area (Å²) in [6.07, 6.45) is -2.97. The van der Waals surface area contributed by atoms with Crippen LogP contribution in [0.3, 0.4) is 0 Å². The van der Waals surface area contributed by atoms with Crippen LogP contribution in [0.25, 0.3) is 0 Å². The molecule has 1 saturated heterocycles. The Labute approximate surface area is 119 Å². The average molecular weight is 304 g/mol. The molecule has 0 spiro atoms. The molecule has 116 valence electrons. The summed E-state index contributed by atoms with van der Waals surface area (Å²) in [6.45, 7) is 1.93. The van der Waals surface area contributed by atoms with Crippen molar-refractivity contribution < 1.29 is 23.1 Å². The molecule has 1 aliphatic rings. The topological polar surface area (TPSA) is 69.6 Å². The van der Waals surface area contributed by atoms with Gasteiger partial charge in [-0.2, -0.15) is 13.2 Å². The maximum absolute atomic E-state index is 12.3. The zero-order valence-electron chi connectivity index (χ0n) is 11.4. The Bertz CT molecular complexity index is 528. The number of rotatable bonds is 3. The van der Waals surface area contributed by atoms with Crippen molar-refractivity contribution in [2.75, 3.05) is 37.6 Å². The molecule has 0 aromatic carbocycles. The number of hydrogen-bond acceptors (Lipinski definition) is 5. The normalized spacial score (nSPS) is 17.0. The number of hydrogen-bond donors (Lipinski definition) is 1. The van der Waals surface area contributed by atoms with Crippen LogP contribution in [-0.4, -0.2) is 64.8 Å². The summed E-state index contributed by atoms with van der Waals surface area (Å²) < 4.78 is 36.9. The van der Waals surface area contributed by atoms with E-state index in [1.54, 1.807) is 11.8 Å². The summed E-state index contributed by atoms with van der Waals surface area (Å²) in [7, 11) is 0. The molecule has 0 atom stereocenters. The third-order valence-electron chi connectivity index (χ3n) is 3.26. The first-order valence-electron chi connectivity index (χ1n) is 6.37. The largest absolute Gasteiger partial charge is 0.478 e. The molecule has 1 aromatic heterocycles. The van der Waals surface area contributed by atoms with Gasteiger partial charge >= 0.3 is 12.1 Å². The van der Waals surface area contributed by atoms with Crippen molar-refractivity contribution in [3.63, 3.8) is 0 Å². The minimum absolute atomic E-state index is 0.0226. The quantitative estimate of drug-likeness (QED) is 0.904. The third-order valence-corrected chi connectivity index (χ3v) is 3.26. The molecule has 2 rings (SSSR count). The van der Waals surface area contributed by atoms with Crippen molar-refractivity contribution in [3.05, 3.63) is 17.5 Å². The number of alkyl halides is 3. The fraction of sp³-hybridized carbons (Fsp3) is 0.583. The monoisotopic (exact) mass is 304 g/mol. The summed E-state index contributed by atoms with van der Waals surface area (Å²) in [6, 6.07) is 0. The fourth-order valence-corrected chi connectivity index (χ4v) is 2.18. The van der Waals surface area contributed by atoms with Gasteiger partial charge in [-0.15, -0.1) is 0 Å². The first-order chi connectivity index (χ1) is 9.76. The molecule has 1 fully saturated rings. The van der Waals surface area contributed by atoms with E-state index in [1.807, 2.05) is 0 Å². The fourth-order valence-electron chi connectivity index (χ4n) is 2.18. The molecule has 0 aliphatic carbocycles. The van der Waals surface area contributed by atoms with Crippen LogP contribution in [-0.2, 0) is 0 Å². The van der Waals surface area contributed by atoms with Crippen LogP contribution >= 0.6 is 0 Å². The Morgan fingerprint density at radius 1 is 1.33 bits per heavy atom. The Morgan fingerprint density at radius 2 is 1.95 bits per heavy atom. The first kappa shape index (κ1) is 15.5. The molecule has 0 saturated carbocycles. The number of halogens is 3. The molecule has 2 heterocycles. The minimum Gasteiger partial charge on any atom is -0.478 e. The van der Waals surface area contributed by atoms with Gasteiger partial charge in [0.05, 0.1) is 17.8 Å². The summed E-state index contributed by atoms with van der Waals surface area (Å²) in [5.41, 5.74) is 0.361. The van der Waals surface area contributed by atoms with Gasteiger partial charge in [-0.25, -0.2) is 14.8 Å². The van der Waals surface area contributed by atoms with E-state index in [0.717, 1.165) is 0 Å². The first-order valence-corrected chi connectivity index (χ1v) is 6.37. The van der Waals surface area contributed by atoms with Gasteiger partial charge in [0.2, 0.25) is 5.95 Å². The number of aryl methyl sites for hydroxylation is 1. The molecule has 1 aromatic rings. The molecule has 0 bridgehead atoms.